The second-order valence-corrected chi connectivity index (χ2v) is 4.84. The zero-order chi connectivity index (χ0) is 12.3. The van der Waals surface area contributed by atoms with Crippen LogP contribution in [0, 0.1) is 5.92 Å². The van der Waals surface area contributed by atoms with E-state index in [4.69, 9.17) is 16.3 Å². The van der Waals surface area contributed by atoms with Gasteiger partial charge in [-0.3, -0.25) is 4.68 Å². The Labute approximate surface area is 107 Å². The third-order valence-electron chi connectivity index (χ3n) is 3.41. The Kier molecular flexibility index (Phi) is 4.42. The van der Waals surface area contributed by atoms with Gasteiger partial charge in [0.2, 0.25) is 0 Å². The molecule has 1 aliphatic heterocycles. The number of nitrogens with zero attached hydrogens (tertiary/aromatic N) is 2. The number of hydrogen-bond donors (Lipinski definition) is 1. The Balaban J connectivity index is 2.23. The van der Waals surface area contributed by atoms with Crippen LogP contribution in [0.15, 0.2) is 6.20 Å². The molecule has 2 atom stereocenters. The van der Waals surface area contributed by atoms with Crippen LogP contribution in [0.5, 0.6) is 0 Å². The van der Waals surface area contributed by atoms with E-state index in [1.807, 2.05) is 11.7 Å². The Morgan fingerprint density at radius 1 is 1.71 bits per heavy atom. The van der Waals surface area contributed by atoms with Crippen molar-refractivity contribution in [1.82, 2.24) is 15.1 Å². The molecule has 4 nitrogen and oxygen atoms in total. The smallest absolute Gasteiger partial charge is 0.0834 e. The first-order valence-corrected chi connectivity index (χ1v) is 6.62. The fourth-order valence-corrected chi connectivity index (χ4v) is 2.82. The maximum absolute atomic E-state index is 6.25. The molecule has 2 rings (SSSR count). The molecule has 0 amide bonds. The Morgan fingerprint density at radius 3 is 3.12 bits per heavy atom. The molecule has 0 bridgehead atoms. The van der Waals surface area contributed by atoms with Gasteiger partial charge in [0, 0.05) is 19.1 Å². The summed E-state index contributed by atoms with van der Waals surface area (Å²) in [5, 5.41) is 8.41. The van der Waals surface area contributed by atoms with Crippen molar-refractivity contribution in [1.29, 1.82) is 0 Å². The zero-order valence-corrected chi connectivity index (χ0v) is 11.2. The fourth-order valence-electron chi connectivity index (χ4n) is 2.56. The molecule has 1 saturated heterocycles. The second kappa shape index (κ2) is 5.85. The van der Waals surface area contributed by atoms with Gasteiger partial charge in [-0.1, -0.05) is 11.6 Å². The van der Waals surface area contributed by atoms with Gasteiger partial charge in [0.05, 0.1) is 29.6 Å². The molecule has 0 aliphatic carbocycles. The van der Waals surface area contributed by atoms with Crippen LogP contribution in [-0.4, -0.2) is 30.0 Å². The summed E-state index contributed by atoms with van der Waals surface area (Å²) in [6.45, 7) is 4.61. The summed E-state index contributed by atoms with van der Waals surface area (Å²) in [5.41, 5.74) is 1.09. The largest absolute Gasteiger partial charge is 0.381 e. The van der Waals surface area contributed by atoms with Crippen molar-refractivity contribution >= 4 is 11.6 Å². The van der Waals surface area contributed by atoms with Crippen LogP contribution in [0.3, 0.4) is 0 Å². The van der Waals surface area contributed by atoms with Crippen LogP contribution in [0.25, 0.3) is 0 Å². The van der Waals surface area contributed by atoms with E-state index in [0.717, 1.165) is 36.9 Å². The van der Waals surface area contributed by atoms with Crippen molar-refractivity contribution in [2.24, 2.45) is 5.92 Å². The summed E-state index contributed by atoms with van der Waals surface area (Å²) < 4.78 is 7.53. The maximum atomic E-state index is 6.25. The number of ether oxygens (including phenoxy) is 1. The standard InChI is InChI=1S/C12H20ClN3O/c1-3-16-12(10(13)7-15-16)11(14-2)9-5-4-6-17-8-9/h7,9,11,14H,3-6,8H2,1-2H3. The lowest BCUT2D eigenvalue weighted by Gasteiger charge is -2.30. The number of hydrogen-bond acceptors (Lipinski definition) is 3. The molecule has 0 spiro atoms. The molecular formula is C12H20ClN3O. The highest BCUT2D eigenvalue weighted by molar-refractivity contribution is 6.31. The molecule has 0 radical (unpaired) electrons. The summed E-state index contributed by atoms with van der Waals surface area (Å²) >= 11 is 6.25. The molecular weight excluding hydrogens is 238 g/mol. The van der Waals surface area contributed by atoms with E-state index >= 15 is 0 Å². The lowest BCUT2D eigenvalue weighted by atomic mass is 9.91. The van der Waals surface area contributed by atoms with E-state index in [1.54, 1.807) is 6.20 Å². The van der Waals surface area contributed by atoms with Gasteiger partial charge in [-0.05, 0) is 26.8 Å². The summed E-state index contributed by atoms with van der Waals surface area (Å²) in [5.74, 6) is 0.480. The Morgan fingerprint density at radius 2 is 2.53 bits per heavy atom. The van der Waals surface area contributed by atoms with Gasteiger partial charge in [-0.2, -0.15) is 5.10 Å². The van der Waals surface area contributed by atoms with E-state index in [-0.39, 0.29) is 6.04 Å². The first kappa shape index (κ1) is 12.9. The molecule has 5 heteroatoms. The molecule has 1 aliphatic rings. The van der Waals surface area contributed by atoms with Crippen LogP contribution in [0.2, 0.25) is 5.02 Å². The number of nitrogens with one attached hydrogen (secondary N) is 1. The SMILES string of the molecule is CCn1ncc(Cl)c1C(NC)C1CCCOC1. The lowest BCUT2D eigenvalue weighted by Crippen LogP contribution is -2.33. The lowest BCUT2D eigenvalue weighted by molar-refractivity contribution is 0.0389. The quantitative estimate of drug-likeness (QED) is 0.899. The minimum atomic E-state index is 0.227. The Hall–Kier alpha value is -0.580. The number of rotatable bonds is 4. The van der Waals surface area contributed by atoms with Crippen LogP contribution in [0.1, 0.15) is 31.5 Å². The minimum Gasteiger partial charge on any atom is -0.381 e. The third-order valence-corrected chi connectivity index (χ3v) is 3.70. The van der Waals surface area contributed by atoms with Crippen molar-refractivity contribution in [2.75, 3.05) is 20.3 Å². The van der Waals surface area contributed by atoms with Gasteiger partial charge in [0.25, 0.3) is 0 Å². The average molecular weight is 258 g/mol. The molecule has 1 N–H and O–H groups in total. The molecule has 17 heavy (non-hydrogen) atoms. The summed E-state index contributed by atoms with van der Waals surface area (Å²) in [6.07, 6.45) is 4.03. The van der Waals surface area contributed by atoms with Gasteiger partial charge < -0.3 is 10.1 Å². The molecule has 2 unspecified atom stereocenters. The summed E-state index contributed by atoms with van der Waals surface area (Å²) in [6, 6.07) is 0.227. The van der Waals surface area contributed by atoms with Crippen LogP contribution < -0.4 is 5.32 Å². The highest BCUT2D eigenvalue weighted by atomic mass is 35.5. The van der Waals surface area contributed by atoms with Crippen LogP contribution in [-0.2, 0) is 11.3 Å². The van der Waals surface area contributed by atoms with E-state index in [1.165, 1.54) is 6.42 Å². The number of aromatic nitrogens is 2. The van der Waals surface area contributed by atoms with E-state index in [0.29, 0.717) is 5.92 Å². The molecule has 1 aromatic rings. The number of halogens is 1. The first-order valence-electron chi connectivity index (χ1n) is 6.24. The normalized spacial score (nSPS) is 22.6. The molecule has 0 aromatic carbocycles. The van der Waals surface area contributed by atoms with Crippen LogP contribution >= 0.6 is 11.6 Å². The van der Waals surface area contributed by atoms with E-state index < -0.39 is 0 Å². The summed E-state index contributed by atoms with van der Waals surface area (Å²) in [7, 11) is 1.97. The van der Waals surface area contributed by atoms with Crippen LogP contribution in [0.4, 0.5) is 0 Å². The predicted molar refractivity (Wildman–Crippen MR) is 68.3 cm³/mol. The Bertz CT molecular complexity index is 361. The number of aryl methyl sites for hydroxylation is 1. The highest BCUT2D eigenvalue weighted by Gasteiger charge is 2.28. The van der Waals surface area contributed by atoms with Gasteiger partial charge in [0.1, 0.15) is 0 Å². The predicted octanol–water partition coefficient (Wildman–Crippen LogP) is 2.24. The van der Waals surface area contributed by atoms with Gasteiger partial charge in [-0.25, -0.2) is 0 Å². The molecule has 0 saturated carbocycles. The highest BCUT2D eigenvalue weighted by Crippen LogP contribution is 2.32. The van der Waals surface area contributed by atoms with Gasteiger partial charge >= 0.3 is 0 Å². The molecule has 1 fully saturated rings. The van der Waals surface area contributed by atoms with Gasteiger partial charge in [0.15, 0.2) is 0 Å². The molecule has 1 aromatic heterocycles. The van der Waals surface area contributed by atoms with E-state index in [9.17, 15) is 0 Å². The van der Waals surface area contributed by atoms with Crippen molar-refractivity contribution in [3.05, 3.63) is 16.9 Å². The van der Waals surface area contributed by atoms with Crippen molar-refractivity contribution < 1.29 is 4.74 Å². The van der Waals surface area contributed by atoms with Gasteiger partial charge in [-0.15, -0.1) is 0 Å². The third kappa shape index (κ3) is 2.64. The van der Waals surface area contributed by atoms with Crippen molar-refractivity contribution in [3.63, 3.8) is 0 Å². The average Bonchev–Trinajstić information content (AvgIpc) is 2.74. The summed E-state index contributed by atoms with van der Waals surface area (Å²) in [4.78, 5) is 0. The molecule has 96 valence electrons. The maximum Gasteiger partial charge on any atom is 0.0834 e. The minimum absolute atomic E-state index is 0.227. The van der Waals surface area contributed by atoms with Crippen molar-refractivity contribution in [2.45, 2.75) is 32.4 Å². The topological polar surface area (TPSA) is 39.1 Å². The molecule has 2 heterocycles. The zero-order valence-electron chi connectivity index (χ0n) is 10.4. The van der Waals surface area contributed by atoms with Crippen molar-refractivity contribution in [3.8, 4) is 0 Å². The first-order chi connectivity index (χ1) is 8.27. The fraction of sp³-hybridized carbons (Fsp3) is 0.750. The van der Waals surface area contributed by atoms with E-state index in [2.05, 4.69) is 17.3 Å². The second-order valence-electron chi connectivity index (χ2n) is 4.44. The monoisotopic (exact) mass is 257 g/mol.